The van der Waals surface area contributed by atoms with Crippen LogP contribution in [0.25, 0.3) is 0 Å². The molecule has 1 amide bonds. The minimum atomic E-state index is -3.94. The standard InChI is InChI=1S/C12H5Cl2F2N3O2/c13-8-3-1-2-7(10(8)14)12(15,16)11(20)18-9-4-6(5-17)21-19-9/h1-4H,(H,18,19,20). The normalized spacial score (nSPS) is 11.0. The van der Waals surface area contributed by atoms with Crippen LogP contribution in [0.2, 0.25) is 10.0 Å². The highest BCUT2D eigenvalue weighted by molar-refractivity contribution is 6.42. The molecule has 2 rings (SSSR count). The fraction of sp³-hybridized carbons (Fsp3) is 0.0833. The van der Waals surface area contributed by atoms with E-state index in [0.717, 1.165) is 12.1 Å². The van der Waals surface area contributed by atoms with Gasteiger partial charge in [0, 0.05) is 6.07 Å². The number of carbonyl (C=O) groups excluding carboxylic acids is 1. The molecule has 0 spiro atoms. The van der Waals surface area contributed by atoms with E-state index in [-0.39, 0.29) is 16.6 Å². The predicted octanol–water partition coefficient (Wildman–Crippen LogP) is 3.58. The Morgan fingerprint density at radius 3 is 2.76 bits per heavy atom. The first-order chi connectivity index (χ1) is 9.86. The average molecular weight is 332 g/mol. The molecule has 0 fully saturated rings. The van der Waals surface area contributed by atoms with Crippen LogP contribution in [-0.2, 0) is 10.7 Å². The van der Waals surface area contributed by atoms with Crippen molar-refractivity contribution in [1.29, 1.82) is 5.26 Å². The van der Waals surface area contributed by atoms with E-state index in [1.54, 1.807) is 6.07 Å². The Hall–Kier alpha value is -2.17. The summed E-state index contributed by atoms with van der Waals surface area (Å²) < 4.78 is 32.6. The Kier molecular flexibility index (Phi) is 4.11. The highest BCUT2D eigenvalue weighted by Gasteiger charge is 2.43. The number of hydrogen-bond donors (Lipinski definition) is 1. The molecule has 108 valence electrons. The summed E-state index contributed by atoms with van der Waals surface area (Å²) in [7, 11) is 0. The van der Waals surface area contributed by atoms with Gasteiger partial charge in [0.25, 0.3) is 0 Å². The topological polar surface area (TPSA) is 78.9 Å². The molecule has 1 heterocycles. The molecule has 0 radical (unpaired) electrons. The van der Waals surface area contributed by atoms with Crippen molar-refractivity contribution >= 4 is 34.9 Å². The molecule has 9 heteroatoms. The number of nitrogens with one attached hydrogen (secondary N) is 1. The Labute approximate surface area is 127 Å². The van der Waals surface area contributed by atoms with E-state index < -0.39 is 22.4 Å². The third kappa shape index (κ3) is 2.96. The van der Waals surface area contributed by atoms with Gasteiger partial charge in [-0.1, -0.05) is 40.5 Å². The van der Waals surface area contributed by atoms with Gasteiger partial charge in [0.15, 0.2) is 5.82 Å². The van der Waals surface area contributed by atoms with Gasteiger partial charge in [0.1, 0.15) is 6.07 Å². The van der Waals surface area contributed by atoms with Gasteiger partial charge in [0.2, 0.25) is 5.76 Å². The lowest BCUT2D eigenvalue weighted by molar-refractivity contribution is -0.140. The summed E-state index contributed by atoms with van der Waals surface area (Å²) in [4.78, 5) is 11.7. The summed E-state index contributed by atoms with van der Waals surface area (Å²) in [6.07, 6.45) is 0. The summed E-state index contributed by atoms with van der Waals surface area (Å²) >= 11 is 11.3. The average Bonchev–Trinajstić information content (AvgIpc) is 2.89. The summed E-state index contributed by atoms with van der Waals surface area (Å²) in [5, 5.41) is 13.1. The number of carbonyl (C=O) groups is 1. The van der Waals surface area contributed by atoms with Crippen molar-refractivity contribution in [1.82, 2.24) is 5.16 Å². The monoisotopic (exact) mass is 331 g/mol. The number of halogens is 4. The van der Waals surface area contributed by atoms with Crippen molar-refractivity contribution < 1.29 is 18.1 Å². The molecule has 0 atom stereocenters. The van der Waals surface area contributed by atoms with Crippen molar-refractivity contribution in [3.8, 4) is 6.07 Å². The van der Waals surface area contributed by atoms with Crippen LogP contribution in [0.5, 0.6) is 0 Å². The molecule has 0 aliphatic heterocycles. The van der Waals surface area contributed by atoms with E-state index in [9.17, 15) is 13.6 Å². The second-order valence-corrected chi connectivity index (χ2v) is 4.60. The lowest BCUT2D eigenvalue weighted by atomic mass is 10.1. The lowest BCUT2D eigenvalue weighted by Gasteiger charge is -2.17. The molecular formula is C12H5Cl2F2N3O2. The second kappa shape index (κ2) is 5.68. The highest BCUT2D eigenvalue weighted by Crippen LogP contribution is 2.37. The molecule has 0 aliphatic rings. The lowest BCUT2D eigenvalue weighted by Crippen LogP contribution is -2.32. The van der Waals surface area contributed by atoms with E-state index in [1.165, 1.54) is 12.1 Å². The van der Waals surface area contributed by atoms with Crippen LogP contribution in [0.1, 0.15) is 11.3 Å². The van der Waals surface area contributed by atoms with Crippen molar-refractivity contribution in [2.75, 3.05) is 5.32 Å². The molecule has 2 aromatic rings. The summed E-state index contributed by atoms with van der Waals surface area (Å²) in [6.45, 7) is 0. The number of anilines is 1. The highest BCUT2D eigenvalue weighted by atomic mass is 35.5. The molecule has 0 unspecified atom stereocenters. The van der Waals surface area contributed by atoms with Crippen LogP contribution in [0.3, 0.4) is 0 Å². The molecule has 0 aliphatic carbocycles. The minimum absolute atomic E-state index is 0.102. The van der Waals surface area contributed by atoms with Crippen molar-refractivity contribution in [3.05, 3.63) is 45.6 Å². The SMILES string of the molecule is N#Cc1cc(NC(=O)C(F)(F)c2cccc(Cl)c2Cl)no1. The molecule has 0 bridgehead atoms. The smallest absolute Gasteiger partial charge is 0.343 e. The summed E-state index contributed by atoms with van der Waals surface area (Å²) in [5.41, 5.74) is -0.738. The van der Waals surface area contributed by atoms with Crippen molar-refractivity contribution in [2.45, 2.75) is 5.92 Å². The van der Waals surface area contributed by atoms with E-state index in [1.807, 2.05) is 5.32 Å². The number of aromatic nitrogens is 1. The number of amides is 1. The molecule has 1 N–H and O–H groups in total. The van der Waals surface area contributed by atoms with Gasteiger partial charge >= 0.3 is 11.8 Å². The van der Waals surface area contributed by atoms with Crippen LogP contribution in [0.4, 0.5) is 14.6 Å². The molecule has 1 aromatic heterocycles. The molecule has 5 nitrogen and oxygen atoms in total. The number of alkyl halides is 2. The van der Waals surface area contributed by atoms with Gasteiger partial charge in [-0.3, -0.25) is 4.79 Å². The first kappa shape index (κ1) is 15.2. The molecule has 1 aromatic carbocycles. The van der Waals surface area contributed by atoms with Gasteiger partial charge in [-0.2, -0.15) is 14.0 Å². The summed E-state index contributed by atoms with van der Waals surface area (Å²) in [6, 6.07) is 6.15. The Balaban J connectivity index is 2.28. The van der Waals surface area contributed by atoms with Crippen molar-refractivity contribution in [2.24, 2.45) is 0 Å². The number of hydrogen-bond acceptors (Lipinski definition) is 4. The van der Waals surface area contributed by atoms with Gasteiger partial charge < -0.3 is 9.84 Å². The van der Waals surface area contributed by atoms with Crippen LogP contribution in [0, 0.1) is 11.3 Å². The molecule has 0 saturated heterocycles. The predicted molar refractivity (Wildman–Crippen MR) is 70.2 cm³/mol. The third-order valence-electron chi connectivity index (χ3n) is 2.44. The summed E-state index contributed by atoms with van der Waals surface area (Å²) in [5.74, 6) is -6.15. The number of nitrogens with zero attached hydrogens (tertiary/aromatic N) is 2. The van der Waals surface area contributed by atoms with Gasteiger partial charge in [-0.15, -0.1) is 0 Å². The van der Waals surface area contributed by atoms with Gasteiger partial charge in [-0.05, 0) is 6.07 Å². The zero-order valence-corrected chi connectivity index (χ0v) is 11.5. The quantitative estimate of drug-likeness (QED) is 0.932. The Morgan fingerprint density at radius 1 is 1.43 bits per heavy atom. The van der Waals surface area contributed by atoms with Crippen LogP contribution < -0.4 is 5.32 Å². The maximum atomic E-state index is 14.1. The van der Waals surface area contributed by atoms with Crippen LogP contribution in [0.15, 0.2) is 28.8 Å². The first-order valence-corrected chi connectivity index (χ1v) is 6.12. The zero-order valence-electron chi connectivity index (χ0n) is 10.0. The van der Waals surface area contributed by atoms with E-state index >= 15 is 0 Å². The molecule has 21 heavy (non-hydrogen) atoms. The first-order valence-electron chi connectivity index (χ1n) is 5.37. The molecule has 0 saturated carbocycles. The second-order valence-electron chi connectivity index (χ2n) is 3.82. The van der Waals surface area contributed by atoms with Crippen molar-refractivity contribution in [3.63, 3.8) is 0 Å². The number of benzene rings is 1. The van der Waals surface area contributed by atoms with Gasteiger partial charge in [0.05, 0.1) is 15.6 Å². The third-order valence-corrected chi connectivity index (χ3v) is 3.26. The number of nitriles is 1. The Morgan fingerprint density at radius 2 is 2.14 bits per heavy atom. The largest absolute Gasteiger partial charge is 0.351 e. The van der Waals surface area contributed by atoms with Gasteiger partial charge in [-0.25, -0.2) is 0 Å². The zero-order chi connectivity index (χ0) is 15.6. The fourth-order valence-electron chi connectivity index (χ4n) is 1.45. The van der Waals surface area contributed by atoms with E-state index in [2.05, 4.69) is 9.68 Å². The van der Waals surface area contributed by atoms with Crippen LogP contribution in [-0.4, -0.2) is 11.1 Å². The minimum Gasteiger partial charge on any atom is -0.343 e. The fourth-order valence-corrected chi connectivity index (χ4v) is 1.87. The van der Waals surface area contributed by atoms with E-state index in [4.69, 9.17) is 28.5 Å². The maximum Gasteiger partial charge on any atom is 0.351 e. The number of rotatable bonds is 3. The maximum absolute atomic E-state index is 14.1. The molecular weight excluding hydrogens is 327 g/mol. The van der Waals surface area contributed by atoms with E-state index in [0.29, 0.717) is 0 Å². The van der Waals surface area contributed by atoms with Crippen LogP contribution >= 0.6 is 23.2 Å². The Bertz CT molecular complexity index is 740.